The second kappa shape index (κ2) is 11.3. The van der Waals surface area contributed by atoms with Gasteiger partial charge in [0.25, 0.3) is 0 Å². The van der Waals surface area contributed by atoms with Gasteiger partial charge < -0.3 is 8.83 Å². The molecule has 0 saturated heterocycles. The first-order valence-electron chi connectivity index (χ1n) is 18.0. The van der Waals surface area contributed by atoms with Crippen LogP contribution < -0.4 is 0 Å². The molecule has 2 aliphatic rings. The van der Waals surface area contributed by atoms with E-state index in [1.54, 1.807) is 0 Å². The Morgan fingerprint density at radius 3 is 2.08 bits per heavy atom. The Hall–Kier alpha value is -6.85. The quantitative estimate of drug-likeness (QED) is 0.185. The zero-order valence-electron chi connectivity index (χ0n) is 28.8. The third-order valence-corrected chi connectivity index (χ3v) is 11.1. The zero-order chi connectivity index (χ0) is 35.1. The highest BCUT2D eigenvalue weighted by Gasteiger charge is 2.36. The van der Waals surface area contributed by atoms with E-state index in [-0.39, 0.29) is 5.41 Å². The van der Waals surface area contributed by atoms with Gasteiger partial charge in [-0.2, -0.15) is 0 Å². The van der Waals surface area contributed by atoms with Crippen LogP contribution in [0.25, 0.3) is 95.2 Å². The molecule has 0 bridgehead atoms. The third kappa shape index (κ3) is 4.60. The molecule has 2 aliphatic carbocycles. The van der Waals surface area contributed by atoms with E-state index in [0.717, 1.165) is 71.7 Å². The molecule has 5 nitrogen and oxygen atoms in total. The number of allylic oxidation sites excluding steroid dienone is 5. The summed E-state index contributed by atoms with van der Waals surface area (Å²) in [6.45, 7) is 2.31. The zero-order valence-corrected chi connectivity index (χ0v) is 28.8. The molecule has 5 heteroatoms. The first kappa shape index (κ1) is 29.8. The fourth-order valence-electron chi connectivity index (χ4n) is 8.34. The number of furan rings is 2. The van der Waals surface area contributed by atoms with Gasteiger partial charge in [0.05, 0.1) is 0 Å². The first-order valence-corrected chi connectivity index (χ1v) is 18.0. The molecular formula is C48H31N3O2. The molecule has 0 aliphatic heterocycles. The first-order chi connectivity index (χ1) is 26.1. The molecule has 2 atom stereocenters. The van der Waals surface area contributed by atoms with Gasteiger partial charge in [0.15, 0.2) is 17.5 Å². The van der Waals surface area contributed by atoms with Crippen LogP contribution >= 0.6 is 0 Å². The van der Waals surface area contributed by atoms with E-state index >= 15 is 0 Å². The smallest absolute Gasteiger partial charge is 0.165 e. The minimum atomic E-state index is -0.106. The molecule has 9 aromatic rings. The van der Waals surface area contributed by atoms with Crippen molar-refractivity contribution in [2.75, 3.05) is 0 Å². The maximum absolute atomic E-state index is 6.46. The molecule has 250 valence electrons. The van der Waals surface area contributed by atoms with E-state index in [9.17, 15) is 0 Å². The normalized spacial score (nSPS) is 17.6. The van der Waals surface area contributed by atoms with Crippen LogP contribution in [0.3, 0.4) is 0 Å². The van der Waals surface area contributed by atoms with Gasteiger partial charge in [0.2, 0.25) is 0 Å². The SMILES string of the molecule is CC12C=CC=CC1C=Cc1cc(-c3nc(-c4ccccc4)nc(-c4c(-c5ccc6oc7ccccc7c6c5)ccc5oc6ccccc6c45)n3)ccc12. The van der Waals surface area contributed by atoms with Crippen molar-refractivity contribution in [3.8, 4) is 45.3 Å². The van der Waals surface area contributed by atoms with Gasteiger partial charge in [-0.3, -0.25) is 0 Å². The van der Waals surface area contributed by atoms with E-state index in [0.29, 0.717) is 23.4 Å². The molecule has 3 aromatic heterocycles. The van der Waals surface area contributed by atoms with Gasteiger partial charge in [-0.05, 0) is 64.7 Å². The second-order valence-corrected chi connectivity index (χ2v) is 14.2. The molecule has 0 radical (unpaired) electrons. The molecule has 3 heterocycles. The molecule has 0 saturated carbocycles. The van der Waals surface area contributed by atoms with E-state index < -0.39 is 0 Å². The van der Waals surface area contributed by atoms with Crippen molar-refractivity contribution in [2.24, 2.45) is 5.92 Å². The van der Waals surface area contributed by atoms with Crippen LogP contribution in [0.4, 0.5) is 0 Å². The Morgan fingerprint density at radius 2 is 1.21 bits per heavy atom. The Bertz CT molecular complexity index is 3040. The summed E-state index contributed by atoms with van der Waals surface area (Å²) < 4.78 is 12.7. The number of para-hydroxylation sites is 2. The van der Waals surface area contributed by atoms with Gasteiger partial charge in [-0.15, -0.1) is 0 Å². The predicted octanol–water partition coefficient (Wildman–Crippen LogP) is 12.4. The monoisotopic (exact) mass is 681 g/mol. The topological polar surface area (TPSA) is 65.0 Å². The highest BCUT2D eigenvalue weighted by molar-refractivity contribution is 6.16. The Balaban J connectivity index is 1.18. The van der Waals surface area contributed by atoms with E-state index in [4.69, 9.17) is 23.8 Å². The summed E-state index contributed by atoms with van der Waals surface area (Å²) in [5.74, 6) is 2.13. The van der Waals surface area contributed by atoms with Gasteiger partial charge in [0, 0.05) is 49.6 Å². The average molecular weight is 682 g/mol. The summed E-state index contributed by atoms with van der Waals surface area (Å²) in [6.07, 6.45) is 13.4. The molecule has 0 spiro atoms. The summed E-state index contributed by atoms with van der Waals surface area (Å²) in [5, 5.41) is 4.12. The molecule has 0 fully saturated rings. The lowest BCUT2D eigenvalue weighted by Gasteiger charge is -2.38. The van der Waals surface area contributed by atoms with E-state index in [2.05, 4.69) is 128 Å². The van der Waals surface area contributed by atoms with Crippen molar-refractivity contribution >= 4 is 50.0 Å². The lowest BCUT2D eigenvalue weighted by molar-refractivity contribution is 0.493. The number of nitrogens with zero attached hydrogens (tertiary/aromatic N) is 3. The predicted molar refractivity (Wildman–Crippen MR) is 214 cm³/mol. The van der Waals surface area contributed by atoms with Crippen LogP contribution in [-0.4, -0.2) is 15.0 Å². The number of fused-ring (bicyclic) bond motifs is 9. The Kier molecular flexibility index (Phi) is 6.38. The van der Waals surface area contributed by atoms with Crippen molar-refractivity contribution in [2.45, 2.75) is 12.3 Å². The number of rotatable bonds is 4. The number of aromatic nitrogens is 3. The fraction of sp³-hybridized carbons (Fsp3) is 0.0625. The van der Waals surface area contributed by atoms with Crippen LogP contribution in [0, 0.1) is 5.92 Å². The van der Waals surface area contributed by atoms with Gasteiger partial charge in [-0.1, -0.05) is 128 Å². The summed E-state index contributed by atoms with van der Waals surface area (Å²) in [7, 11) is 0. The number of hydrogen-bond acceptors (Lipinski definition) is 5. The largest absolute Gasteiger partial charge is 0.456 e. The fourth-order valence-corrected chi connectivity index (χ4v) is 8.34. The Morgan fingerprint density at radius 1 is 0.528 bits per heavy atom. The summed E-state index contributed by atoms with van der Waals surface area (Å²) in [6, 6.07) is 43.7. The lowest BCUT2D eigenvalue weighted by Crippen LogP contribution is -2.31. The molecule has 53 heavy (non-hydrogen) atoms. The van der Waals surface area contributed by atoms with Crippen molar-refractivity contribution in [1.82, 2.24) is 15.0 Å². The van der Waals surface area contributed by atoms with Gasteiger partial charge >= 0.3 is 0 Å². The standard InChI is InChI=1S/C48H31N3O2/c1-48-26-10-9-13-33(48)21-18-31-27-32(19-23-38(31)48)46-49-45(29-11-3-2-4-12-29)50-47(51-46)44-34(22-25-42-43(44)36-15-6-8-17-40(36)53-42)30-20-24-41-37(28-30)35-14-5-7-16-39(35)52-41/h2-28,33H,1H3. The molecular weight excluding hydrogens is 651 g/mol. The van der Waals surface area contributed by atoms with Crippen molar-refractivity contribution in [1.29, 1.82) is 0 Å². The summed E-state index contributed by atoms with van der Waals surface area (Å²) in [4.78, 5) is 15.7. The molecule has 6 aromatic carbocycles. The number of hydrogen-bond donors (Lipinski definition) is 0. The van der Waals surface area contributed by atoms with E-state index in [1.807, 2.05) is 42.5 Å². The average Bonchev–Trinajstić information content (AvgIpc) is 3.78. The highest BCUT2D eigenvalue weighted by atomic mass is 16.3. The second-order valence-electron chi connectivity index (χ2n) is 14.2. The third-order valence-electron chi connectivity index (χ3n) is 11.1. The summed E-state index contributed by atoms with van der Waals surface area (Å²) >= 11 is 0. The van der Waals surface area contributed by atoms with Gasteiger partial charge in [0.1, 0.15) is 22.3 Å². The summed E-state index contributed by atoms with van der Waals surface area (Å²) in [5.41, 5.74) is 10.5. The van der Waals surface area contributed by atoms with Crippen LogP contribution in [0.5, 0.6) is 0 Å². The van der Waals surface area contributed by atoms with Crippen molar-refractivity contribution in [3.63, 3.8) is 0 Å². The van der Waals surface area contributed by atoms with Crippen LogP contribution in [0.15, 0.2) is 167 Å². The number of benzene rings is 6. The molecule has 0 amide bonds. The maximum Gasteiger partial charge on any atom is 0.165 e. The van der Waals surface area contributed by atoms with Crippen LogP contribution in [-0.2, 0) is 5.41 Å². The minimum absolute atomic E-state index is 0.106. The van der Waals surface area contributed by atoms with Crippen molar-refractivity contribution in [3.05, 3.63) is 169 Å². The minimum Gasteiger partial charge on any atom is -0.456 e. The molecule has 2 unspecified atom stereocenters. The van der Waals surface area contributed by atoms with Crippen LogP contribution in [0.2, 0.25) is 0 Å². The maximum atomic E-state index is 6.46. The molecule has 0 N–H and O–H groups in total. The van der Waals surface area contributed by atoms with Crippen molar-refractivity contribution < 1.29 is 8.83 Å². The van der Waals surface area contributed by atoms with E-state index in [1.165, 1.54) is 11.1 Å². The van der Waals surface area contributed by atoms with Gasteiger partial charge in [-0.25, -0.2) is 15.0 Å². The molecule has 11 rings (SSSR count). The Labute approximate surface area is 305 Å². The van der Waals surface area contributed by atoms with Crippen LogP contribution in [0.1, 0.15) is 18.1 Å². The lowest BCUT2D eigenvalue weighted by atomic mass is 9.65. The highest BCUT2D eigenvalue weighted by Crippen LogP contribution is 2.46.